The van der Waals surface area contributed by atoms with Crippen LogP contribution in [0.5, 0.6) is 0 Å². The van der Waals surface area contributed by atoms with Gasteiger partial charge in [-0.05, 0) is 75.1 Å². The maximum Gasteiger partial charge on any atom is 0.0547 e. The molecule has 1 nitrogen and oxygen atoms in total. The molecule has 7 aromatic carbocycles. The van der Waals surface area contributed by atoms with Gasteiger partial charge in [0.05, 0.1) is 11.0 Å². The topological polar surface area (TPSA) is 4.93 Å². The normalized spacial score (nSPS) is 12.0. The van der Waals surface area contributed by atoms with Crippen LogP contribution in [-0.2, 0) is 0 Å². The zero-order chi connectivity index (χ0) is 26.2. The van der Waals surface area contributed by atoms with Gasteiger partial charge in [0, 0.05) is 36.6 Å². The minimum absolute atomic E-state index is 1.18. The summed E-state index contributed by atoms with van der Waals surface area (Å²) in [4.78, 5) is 0. The van der Waals surface area contributed by atoms with Crippen molar-refractivity contribution in [3.8, 4) is 16.8 Å². The number of hydrogen-bond acceptors (Lipinski definition) is 1. The van der Waals surface area contributed by atoms with Crippen LogP contribution in [0.2, 0.25) is 0 Å². The van der Waals surface area contributed by atoms with Crippen LogP contribution in [0.15, 0.2) is 140 Å². The Kier molecular flexibility index (Phi) is 4.55. The average Bonchev–Trinajstić information content (AvgIpc) is 3.57. The highest BCUT2D eigenvalue weighted by Crippen LogP contribution is 2.41. The summed E-state index contributed by atoms with van der Waals surface area (Å²) in [6, 6.07) is 51.2. The highest BCUT2D eigenvalue weighted by Gasteiger charge is 2.17. The van der Waals surface area contributed by atoms with E-state index in [1.54, 1.807) is 0 Å². The van der Waals surface area contributed by atoms with Crippen molar-refractivity contribution in [1.29, 1.82) is 0 Å². The second-order valence-electron chi connectivity index (χ2n) is 10.6. The first kappa shape index (κ1) is 22.0. The first-order valence-electron chi connectivity index (χ1n) is 13.7. The number of rotatable bonds is 2. The van der Waals surface area contributed by atoms with Crippen LogP contribution in [0, 0.1) is 0 Å². The number of thiophene rings is 1. The molecule has 0 spiro atoms. The van der Waals surface area contributed by atoms with Gasteiger partial charge in [0.1, 0.15) is 0 Å². The maximum absolute atomic E-state index is 2.43. The van der Waals surface area contributed by atoms with E-state index in [1.165, 1.54) is 80.3 Å². The Morgan fingerprint density at radius 3 is 1.62 bits per heavy atom. The molecule has 0 radical (unpaired) electrons. The Bertz CT molecular complexity index is 2330. The number of aromatic nitrogens is 1. The zero-order valence-electron chi connectivity index (χ0n) is 21.6. The molecule has 0 unspecified atom stereocenters. The van der Waals surface area contributed by atoms with Crippen LogP contribution in [0.25, 0.3) is 80.3 Å². The molecular formula is C38H23NS. The number of nitrogens with zero attached hydrogens (tertiary/aromatic N) is 1. The SMILES string of the molecule is c1ccc2c(c1)ccc1c2c2c3ccccc3ccc2n1-c1ccc(-c2ccc3sc4ccccc4c3c2)cc1. The van der Waals surface area contributed by atoms with Crippen molar-refractivity contribution >= 4 is 74.9 Å². The lowest BCUT2D eigenvalue weighted by Crippen LogP contribution is -1.93. The highest BCUT2D eigenvalue weighted by molar-refractivity contribution is 7.25. The van der Waals surface area contributed by atoms with Crippen molar-refractivity contribution in [2.75, 3.05) is 0 Å². The van der Waals surface area contributed by atoms with E-state index in [1.807, 2.05) is 11.3 Å². The molecule has 0 aliphatic carbocycles. The summed E-state index contributed by atoms with van der Waals surface area (Å²) in [6.45, 7) is 0. The number of benzene rings is 7. The van der Waals surface area contributed by atoms with E-state index in [2.05, 4.69) is 144 Å². The molecule has 9 rings (SSSR count). The lowest BCUT2D eigenvalue weighted by Gasteiger charge is -2.10. The van der Waals surface area contributed by atoms with E-state index < -0.39 is 0 Å². The highest BCUT2D eigenvalue weighted by atomic mass is 32.1. The third-order valence-electron chi connectivity index (χ3n) is 8.38. The third-order valence-corrected chi connectivity index (χ3v) is 9.53. The Morgan fingerprint density at radius 2 is 0.950 bits per heavy atom. The van der Waals surface area contributed by atoms with Crippen molar-refractivity contribution in [2.45, 2.75) is 0 Å². The summed E-state index contributed by atoms with van der Waals surface area (Å²) in [7, 11) is 0. The fraction of sp³-hybridized carbons (Fsp3) is 0. The maximum atomic E-state index is 2.43. The quantitative estimate of drug-likeness (QED) is 0.211. The molecule has 0 aliphatic heterocycles. The van der Waals surface area contributed by atoms with Crippen molar-refractivity contribution in [3.05, 3.63) is 140 Å². The molecule has 0 amide bonds. The molecular weight excluding hydrogens is 502 g/mol. The molecule has 9 aromatic rings. The number of fused-ring (bicyclic) bond motifs is 10. The van der Waals surface area contributed by atoms with Gasteiger partial charge in [0.25, 0.3) is 0 Å². The van der Waals surface area contributed by atoms with E-state index in [4.69, 9.17) is 0 Å². The van der Waals surface area contributed by atoms with Crippen molar-refractivity contribution in [1.82, 2.24) is 4.57 Å². The molecule has 2 heterocycles. The molecule has 2 heteroatoms. The Labute approximate surface area is 235 Å². The molecule has 0 atom stereocenters. The van der Waals surface area contributed by atoms with Gasteiger partial charge in [0.15, 0.2) is 0 Å². The second-order valence-corrected chi connectivity index (χ2v) is 11.6. The van der Waals surface area contributed by atoms with E-state index in [-0.39, 0.29) is 0 Å². The molecule has 0 aliphatic rings. The van der Waals surface area contributed by atoms with E-state index in [9.17, 15) is 0 Å². The lowest BCUT2D eigenvalue weighted by atomic mass is 10.00. The predicted molar refractivity (Wildman–Crippen MR) is 174 cm³/mol. The van der Waals surface area contributed by atoms with Gasteiger partial charge in [-0.1, -0.05) is 97.1 Å². The minimum atomic E-state index is 1.18. The van der Waals surface area contributed by atoms with Crippen LogP contribution >= 0.6 is 11.3 Å². The smallest absolute Gasteiger partial charge is 0.0547 e. The molecule has 0 N–H and O–H groups in total. The molecule has 0 saturated heterocycles. The van der Waals surface area contributed by atoms with Crippen LogP contribution in [0.4, 0.5) is 0 Å². The Hall–Kier alpha value is -4.92. The van der Waals surface area contributed by atoms with Crippen LogP contribution in [0.1, 0.15) is 0 Å². The standard InChI is InChI=1S/C38H23NS/c1-3-9-29-25(7-1)15-20-33-37(29)38-30-10-4-2-8-26(30)16-21-34(38)39(33)28-18-13-24(14-19-28)27-17-22-36-32(23-27)31-11-5-6-12-35(31)40-36/h1-23H. The third kappa shape index (κ3) is 3.08. The molecule has 0 bridgehead atoms. The van der Waals surface area contributed by atoms with Gasteiger partial charge in [0.2, 0.25) is 0 Å². The first-order valence-corrected chi connectivity index (χ1v) is 14.5. The fourth-order valence-electron chi connectivity index (χ4n) is 6.53. The van der Waals surface area contributed by atoms with E-state index in [0.717, 1.165) is 0 Å². The second kappa shape index (κ2) is 8.29. The summed E-state index contributed by atoms with van der Waals surface area (Å²) in [5.41, 5.74) is 6.14. The summed E-state index contributed by atoms with van der Waals surface area (Å²) < 4.78 is 5.12. The van der Waals surface area contributed by atoms with Gasteiger partial charge >= 0.3 is 0 Å². The summed E-state index contributed by atoms with van der Waals surface area (Å²) >= 11 is 1.87. The Morgan fingerprint density at radius 1 is 0.400 bits per heavy atom. The predicted octanol–water partition coefficient (Wildman–Crippen LogP) is 11.1. The lowest BCUT2D eigenvalue weighted by molar-refractivity contribution is 1.18. The van der Waals surface area contributed by atoms with Gasteiger partial charge in [-0.2, -0.15) is 0 Å². The largest absolute Gasteiger partial charge is 0.309 e. The monoisotopic (exact) mass is 525 g/mol. The van der Waals surface area contributed by atoms with Crippen molar-refractivity contribution in [3.63, 3.8) is 0 Å². The molecule has 2 aromatic heterocycles. The zero-order valence-corrected chi connectivity index (χ0v) is 22.5. The summed E-state index contributed by atoms with van der Waals surface area (Å²) in [5, 5.41) is 10.5. The molecule has 0 saturated carbocycles. The van der Waals surface area contributed by atoms with Crippen LogP contribution in [0.3, 0.4) is 0 Å². The summed E-state index contributed by atoms with van der Waals surface area (Å²) in [5.74, 6) is 0. The van der Waals surface area contributed by atoms with Gasteiger partial charge in [-0.15, -0.1) is 11.3 Å². The van der Waals surface area contributed by atoms with Gasteiger partial charge in [-0.3, -0.25) is 0 Å². The fourth-order valence-corrected chi connectivity index (χ4v) is 7.62. The average molecular weight is 526 g/mol. The van der Waals surface area contributed by atoms with Crippen molar-refractivity contribution in [2.24, 2.45) is 0 Å². The summed E-state index contributed by atoms with van der Waals surface area (Å²) in [6.07, 6.45) is 0. The van der Waals surface area contributed by atoms with E-state index in [0.29, 0.717) is 0 Å². The van der Waals surface area contributed by atoms with Crippen LogP contribution in [-0.4, -0.2) is 4.57 Å². The molecule has 0 fully saturated rings. The minimum Gasteiger partial charge on any atom is -0.309 e. The van der Waals surface area contributed by atoms with E-state index >= 15 is 0 Å². The van der Waals surface area contributed by atoms with Crippen LogP contribution < -0.4 is 0 Å². The van der Waals surface area contributed by atoms with Crippen molar-refractivity contribution < 1.29 is 0 Å². The number of hydrogen-bond donors (Lipinski definition) is 0. The van der Waals surface area contributed by atoms with Gasteiger partial charge in [-0.25, -0.2) is 0 Å². The molecule has 186 valence electrons. The first-order chi connectivity index (χ1) is 19.8. The van der Waals surface area contributed by atoms with Gasteiger partial charge < -0.3 is 4.57 Å². The Balaban J connectivity index is 1.27. The molecule has 40 heavy (non-hydrogen) atoms.